The lowest BCUT2D eigenvalue weighted by molar-refractivity contribution is 0.00329. The summed E-state index contributed by atoms with van der Waals surface area (Å²) in [4.78, 5) is 2.57. The molecule has 1 atom stereocenters. The molecule has 0 radical (unpaired) electrons. The molecule has 2 rings (SSSR count). The van der Waals surface area contributed by atoms with Gasteiger partial charge in [-0.25, -0.2) is 0 Å². The molecule has 2 fully saturated rings. The fourth-order valence-electron chi connectivity index (χ4n) is 2.77. The number of rotatable bonds is 3. The van der Waals surface area contributed by atoms with Gasteiger partial charge in [0, 0.05) is 12.1 Å². The minimum atomic E-state index is 0.321. The second-order valence-electron chi connectivity index (χ2n) is 5.04. The van der Waals surface area contributed by atoms with Gasteiger partial charge in [0.1, 0.15) is 0 Å². The summed E-state index contributed by atoms with van der Waals surface area (Å²) < 4.78 is 5.80. The summed E-state index contributed by atoms with van der Waals surface area (Å²) >= 11 is 0. The van der Waals surface area contributed by atoms with Crippen LogP contribution in [0.25, 0.3) is 0 Å². The van der Waals surface area contributed by atoms with Gasteiger partial charge in [-0.05, 0) is 39.7 Å². The summed E-state index contributed by atoms with van der Waals surface area (Å²) in [6.07, 6.45) is 4.12. The van der Waals surface area contributed by atoms with E-state index in [1.807, 2.05) is 0 Å². The molecule has 0 amide bonds. The largest absolute Gasteiger partial charge is 0.377 e. The van der Waals surface area contributed by atoms with Gasteiger partial charge in [-0.1, -0.05) is 12.2 Å². The van der Waals surface area contributed by atoms with E-state index in [-0.39, 0.29) is 0 Å². The lowest BCUT2D eigenvalue weighted by Gasteiger charge is -2.32. The summed E-state index contributed by atoms with van der Waals surface area (Å²) in [5, 5.41) is 0. The van der Waals surface area contributed by atoms with Crippen molar-refractivity contribution in [2.24, 2.45) is 0 Å². The molecule has 2 heterocycles. The van der Waals surface area contributed by atoms with Gasteiger partial charge in [0.15, 0.2) is 0 Å². The molecule has 2 aliphatic heterocycles. The molecule has 0 aromatic carbocycles. The molecule has 0 aromatic heterocycles. The van der Waals surface area contributed by atoms with Crippen LogP contribution in [0.2, 0.25) is 0 Å². The minimum absolute atomic E-state index is 0.321. The van der Waals surface area contributed by atoms with Crippen LogP contribution in [-0.2, 0) is 4.74 Å². The molecule has 0 aromatic rings. The molecule has 2 aliphatic rings. The third kappa shape index (κ3) is 1.73. The zero-order chi connectivity index (χ0) is 10.2. The Kier molecular flexibility index (Phi) is 2.67. The molecule has 0 N–H and O–H groups in total. The first kappa shape index (κ1) is 10.2. The van der Waals surface area contributed by atoms with Crippen molar-refractivity contribution in [3.05, 3.63) is 12.2 Å². The van der Waals surface area contributed by atoms with Crippen LogP contribution in [0.5, 0.6) is 0 Å². The first-order chi connectivity index (χ1) is 6.62. The average Bonchev–Trinajstić information content (AvgIpc) is 2.56. The molecule has 0 unspecified atom stereocenters. The SMILES string of the molecule is C=C1CN2CCC[C@@]2(COC(C)C)C1. The number of nitrogens with zero attached hydrogens (tertiary/aromatic N) is 1. The van der Waals surface area contributed by atoms with Gasteiger partial charge < -0.3 is 4.74 Å². The topological polar surface area (TPSA) is 12.5 Å². The maximum Gasteiger partial charge on any atom is 0.0657 e. The summed E-state index contributed by atoms with van der Waals surface area (Å²) in [6, 6.07) is 0. The van der Waals surface area contributed by atoms with Gasteiger partial charge in [-0.2, -0.15) is 0 Å². The van der Waals surface area contributed by atoms with Crippen molar-refractivity contribution in [3.63, 3.8) is 0 Å². The zero-order valence-corrected chi connectivity index (χ0v) is 9.38. The minimum Gasteiger partial charge on any atom is -0.377 e. The first-order valence-electron chi connectivity index (χ1n) is 5.66. The standard InChI is InChI=1S/C12H21NO/c1-10(2)14-9-12-5-4-6-13(12)8-11(3)7-12/h10H,3-9H2,1-2H3/t12-/m0/s1. The number of fused-ring (bicyclic) bond motifs is 1. The van der Waals surface area contributed by atoms with Crippen LogP contribution in [0.15, 0.2) is 12.2 Å². The van der Waals surface area contributed by atoms with E-state index in [9.17, 15) is 0 Å². The van der Waals surface area contributed by atoms with Crippen molar-refractivity contribution in [2.45, 2.75) is 44.8 Å². The zero-order valence-electron chi connectivity index (χ0n) is 9.38. The van der Waals surface area contributed by atoms with Crippen LogP contribution in [-0.4, -0.2) is 36.2 Å². The molecule has 0 saturated carbocycles. The summed E-state index contributed by atoms with van der Waals surface area (Å²) in [6.45, 7) is 11.6. The smallest absolute Gasteiger partial charge is 0.0657 e. The van der Waals surface area contributed by atoms with Crippen LogP contribution in [0.1, 0.15) is 33.1 Å². The van der Waals surface area contributed by atoms with E-state index in [2.05, 4.69) is 25.3 Å². The van der Waals surface area contributed by atoms with Crippen molar-refractivity contribution in [1.29, 1.82) is 0 Å². The lowest BCUT2D eigenvalue weighted by atomic mass is 9.94. The fourth-order valence-corrected chi connectivity index (χ4v) is 2.77. The van der Waals surface area contributed by atoms with E-state index in [1.165, 1.54) is 25.0 Å². The van der Waals surface area contributed by atoms with E-state index in [0.29, 0.717) is 11.6 Å². The molecular weight excluding hydrogens is 174 g/mol. The molecule has 0 spiro atoms. The maximum atomic E-state index is 5.80. The normalized spacial score (nSPS) is 32.9. The van der Waals surface area contributed by atoms with Crippen molar-refractivity contribution in [3.8, 4) is 0 Å². The highest BCUT2D eigenvalue weighted by molar-refractivity contribution is 5.17. The predicted molar refractivity (Wildman–Crippen MR) is 58.4 cm³/mol. The van der Waals surface area contributed by atoms with Gasteiger partial charge in [-0.3, -0.25) is 4.90 Å². The summed E-state index contributed by atoms with van der Waals surface area (Å²) in [7, 11) is 0. The number of hydrogen-bond donors (Lipinski definition) is 0. The Balaban J connectivity index is 2.01. The van der Waals surface area contributed by atoms with Crippen LogP contribution in [0, 0.1) is 0 Å². The molecule has 2 saturated heterocycles. The maximum absolute atomic E-state index is 5.80. The summed E-state index contributed by atoms with van der Waals surface area (Å²) in [5.41, 5.74) is 1.71. The summed E-state index contributed by atoms with van der Waals surface area (Å²) in [5.74, 6) is 0. The van der Waals surface area contributed by atoms with Crippen LogP contribution in [0.4, 0.5) is 0 Å². The van der Waals surface area contributed by atoms with Gasteiger partial charge in [0.2, 0.25) is 0 Å². The van der Waals surface area contributed by atoms with Gasteiger partial charge in [-0.15, -0.1) is 0 Å². The third-order valence-electron chi connectivity index (χ3n) is 3.42. The fraction of sp³-hybridized carbons (Fsp3) is 0.833. The Labute approximate surface area is 86.9 Å². The highest BCUT2D eigenvalue weighted by Crippen LogP contribution is 2.40. The molecular formula is C12H21NO. The van der Waals surface area contributed by atoms with Crippen molar-refractivity contribution >= 4 is 0 Å². The Bertz CT molecular complexity index is 236. The van der Waals surface area contributed by atoms with Crippen molar-refractivity contribution in [1.82, 2.24) is 4.90 Å². The Morgan fingerprint density at radius 2 is 2.36 bits per heavy atom. The van der Waals surface area contributed by atoms with E-state index < -0.39 is 0 Å². The highest BCUT2D eigenvalue weighted by Gasteiger charge is 2.45. The molecule has 0 bridgehead atoms. The monoisotopic (exact) mass is 195 g/mol. The predicted octanol–water partition coefficient (Wildman–Crippen LogP) is 2.21. The van der Waals surface area contributed by atoms with E-state index in [1.54, 1.807) is 0 Å². The van der Waals surface area contributed by atoms with Crippen LogP contribution >= 0.6 is 0 Å². The molecule has 14 heavy (non-hydrogen) atoms. The van der Waals surface area contributed by atoms with E-state index in [0.717, 1.165) is 19.6 Å². The van der Waals surface area contributed by atoms with Gasteiger partial charge in [0.05, 0.1) is 12.7 Å². The third-order valence-corrected chi connectivity index (χ3v) is 3.42. The van der Waals surface area contributed by atoms with Crippen molar-refractivity contribution < 1.29 is 4.74 Å². The first-order valence-corrected chi connectivity index (χ1v) is 5.66. The van der Waals surface area contributed by atoms with Crippen LogP contribution < -0.4 is 0 Å². The lowest BCUT2D eigenvalue weighted by Crippen LogP contribution is -2.43. The highest BCUT2D eigenvalue weighted by atomic mass is 16.5. The van der Waals surface area contributed by atoms with Crippen LogP contribution in [0.3, 0.4) is 0 Å². The van der Waals surface area contributed by atoms with E-state index in [4.69, 9.17) is 4.74 Å². The Morgan fingerprint density at radius 1 is 1.57 bits per heavy atom. The quantitative estimate of drug-likeness (QED) is 0.640. The number of ether oxygens (including phenoxy) is 1. The van der Waals surface area contributed by atoms with E-state index >= 15 is 0 Å². The van der Waals surface area contributed by atoms with Crippen molar-refractivity contribution in [2.75, 3.05) is 19.7 Å². The Morgan fingerprint density at radius 3 is 3.07 bits per heavy atom. The molecule has 0 aliphatic carbocycles. The second-order valence-corrected chi connectivity index (χ2v) is 5.04. The Hall–Kier alpha value is -0.340. The number of hydrogen-bond acceptors (Lipinski definition) is 2. The molecule has 2 nitrogen and oxygen atoms in total. The second kappa shape index (κ2) is 3.67. The average molecular weight is 195 g/mol. The molecule has 2 heteroatoms. The van der Waals surface area contributed by atoms with Gasteiger partial charge >= 0.3 is 0 Å². The van der Waals surface area contributed by atoms with Gasteiger partial charge in [0.25, 0.3) is 0 Å². The molecule has 80 valence electrons.